The highest BCUT2D eigenvalue weighted by molar-refractivity contribution is 6.08. The van der Waals surface area contributed by atoms with E-state index in [1.165, 1.54) is 0 Å². The zero-order chi connectivity index (χ0) is 18.7. The number of Topliss-reactive ketones (excluding diaryl/α,β-unsaturated/α-hetero) is 1. The zero-order valence-corrected chi connectivity index (χ0v) is 15.4. The van der Waals surface area contributed by atoms with Gasteiger partial charge in [0.2, 0.25) is 5.91 Å². The number of hydrogen-bond acceptors (Lipinski definition) is 3. The van der Waals surface area contributed by atoms with Crippen molar-refractivity contribution in [3.63, 3.8) is 0 Å². The van der Waals surface area contributed by atoms with E-state index in [0.29, 0.717) is 12.0 Å². The molecule has 0 aliphatic heterocycles. The molecule has 0 saturated carbocycles. The van der Waals surface area contributed by atoms with Crippen LogP contribution in [0.5, 0.6) is 0 Å². The van der Waals surface area contributed by atoms with Crippen LogP contribution in [0, 0.1) is 0 Å². The van der Waals surface area contributed by atoms with Crippen molar-refractivity contribution in [3.05, 3.63) is 54.0 Å². The fourth-order valence-electron chi connectivity index (χ4n) is 3.15. The quantitative estimate of drug-likeness (QED) is 0.664. The molecule has 6 heteroatoms. The lowest BCUT2D eigenvalue weighted by Gasteiger charge is -2.13. The minimum absolute atomic E-state index is 0.100. The molecule has 1 N–H and O–H groups in total. The zero-order valence-electron chi connectivity index (χ0n) is 15.4. The molecule has 3 aromatic rings. The molecule has 2 heterocycles. The first-order chi connectivity index (χ1) is 12.5. The molecule has 0 aliphatic carbocycles. The number of carbonyl (C=O) groups is 2. The number of para-hydroxylation sites is 1. The lowest BCUT2D eigenvalue weighted by atomic mass is 10.1. The van der Waals surface area contributed by atoms with Gasteiger partial charge in [-0.3, -0.25) is 14.3 Å². The number of rotatable bonds is 7. The van der Waals surface area contributed by atoms with E-state index in [4.69, 9.17) is 0 Å². The second kappa shape index (κ2) is 7.56. The summed E-state index contributed by atoms with van der Waals surface area (Å²) in [4.78, 5) is 24.9. The van der Waals surface area contributed by atoms with Crippen molar-refractivity contribution in [1.29, 1.82) is 0 Å². The summed E-state index contributed by atoms with van der Waals surface area (Å²) in [7, 11) is 1.85. The van der Waals surface area contributed by atoms with Gasteiger partial charge in [-0.15, -0.1) is 0 Å². The fourth-order valence-corrected chi connectivity index (χ4v) is 3.15. The first-order valence-corrected chi connectivity index (χ1v) is 8.88. The van der Waals surface area contributed by atoms with Crippen molar-refractivity contribution in [3.8, 4) is 0 Å². The second-order valence-corrected chi connectivity index (χ2v) is 6.60. The number of benzene rings is 1. The molecule has 0 saturated heterocycles. The highest BCUT2D eigenvalue weighted by Gasteiger charge is 2.17. The summed E-state index contributed by atoms with van der Waals surface area (Å²) in [6.45, 7) is 4.09. The van der Waals surface area contributed by atoms with Crippen molar-refractivity contribution in [2.45, 2.75) is 39.3 Å². The molecule has 2 aromatic heterocycles. The molecule has 0 unspecified atom stereocenters. The number of nitrogens with one attached hydrogen (secondary N) is 1. The van der Waals surface area contributed by atoms with Crippen LogP contribution < -0.4 is 5.32 Å². The second-order valence-electron chi connectivity index (χ2n) is 6.60. The van der Waals surface area contributed by atoms with E-state index < -0.39 is 0 Å². The topological polar surface area (TPSA) is 68.9 Å². The van der Waals surface area contributed by atoms with Gasteiger partial charge in [0.1, 0.15) is 6.54 Å². The Hall–Kier alpha value is -2.89. The minimum atomic E-state index is -0.126. The normalized spacial score (nSPS) is 12.3. The van der Waals surface area contributed by atoms with Crippen molar-refractivity contribution < 1.29 is 9.59 Å². The van der Waals surface area contributed by atoms with Gasteiger partial charge in [-0.1, -0.05) is 25.1 Å². The SMILES string of the molecule is CCCC(=O)c1cn(CC(=O)N[C@@H](C)c2cnn(C)c2)c2ccccc12. The smallest absolute Gasteiger partial charge is 0.240 e. The minimum Gasteiger partial charge on any atom is -0.348 e. The number of nitrogens with zero attached hydrogens (tertiary/aromatic N) is 3. The van der Waals surface area contributed by atoms with Gasteiger partial charge in [-0.25, -0.2) is 0 Å². The first-order valence-electron chi connectivity index (χ1n) is 8.88. The van der Waals surface area contributed by atoms with Crippen molar-refractivity contribution in [2.75, 3.05) is 0 Å². The highest BCUT2D eigenvalue weighted by atomic mass is 16.2. The average molecular weight is 352 g/mol. The van der Waals surface area contributed by atoms with Gasteiger partial charge in [0.25, 0.3) is 0 Å². The monoisotopic (exact) mass is 352 g/mol. The van der Waals surface area contributed by atoms with E-state index in [2.05, 4.69) is 10.4 Å². The Balaban J connectivity index is 1.80. The Kier molecular flexibility index (Phi) is 5.21. The molecule has 136 valence electrons. The van der Waals surface area contributed by atoms with Crippen LogP contribution in [0.4, 0.5) is 0 Å². The number of fused-ring (bicyclic) bond motifs is 1. The summed E-state index contributed by atoms with van der Waals surface area (Å²) in [5.74, 6) is 0.0168. The number of hydrogen-bond donors (Lipinski definition) is 1. The molecule has 0 spiro atoms. The summed E-state index contributed by atoms with van der Waals surface area (Å²) in [5.41, 5.74) is 2.55. The van der Waals surface area contributed by atoms with E-state index in [0.717, 1.165) is 22.9 Å². The summed E-state index contributed by atoms with van der Waals surface area (Å²) in [5, 5.41) is 8.02. The Labute approximate surface area is 152 Å². The largest absolute Gasteiger partial charge is 0.348 e. The number of ketones is 1. The van der Waals surface area contributed by atoms with E-state index in [1.807, 2.05) is 55.9 Å². The summed E-state index contributed by atoms with van der Waals surface area (Å²) < 4.78 is 3.56. The standard InChI is InChI=1S/C20H24N4O2/c1-4-7-19(25)17-12-24(18-9-6-5-8-16(17)18)13-20(26)22-14(2)15-10-21-23(3)11-15/h5-6,8-12,14H,4,7,13H2,1-3H3,(H,22,26)/t14-/m0/s1. The van der Waals surface area contributed by atoms with Gasteiger partial charge in [-0.2, -0.15) is 5.10 Å². The maximum absolute atomic E-state index is 12.5. The Morgan fingerprint density at radius 1 is 1.23 bits per heavy atom. The predicted molar refractivity (Wildman–Crippen MR) is 101 cm³/mol. The molecule has 6 nitrogen and oxygen atoms in total. The molecule has 0 bridgehead atoms. The maximum Gasteiger partial charge on any atom is 0.240 e. The molecule has 1 amide bonds. The van der Waals surface area contributed by atoms with E-state index in [-0.39, 0.29) is 24.3 Å². The molecular weight excluding hydrogens is 328 g/mol. The lowest BCUT2D eigenvalue weighted by Crippen LogP contribution is -2.29. The van der Waals surface area contributed by atoms with Gasteiger partial charge >= 0.3 is 0 Å². The van der Waals surface area contributed by atoms with Gasteiger partial charge in [-0.05, 0) is 19.4 Å². The number of aromatic nitrogens is 3. The van der Waals surface area contributed by atoms with Crippen LogP contribution in [0.3, 0.4) is 0 Å². The third-order valence-electron chi connectivity index (χ3n) is 4.48. The third-order valence-corrected chi connectivity index (χ3v) is 4.48. The third kappa shape index (κ3) is 3.69. The first kappa shape index (κ1) is 17.9. The van der Waals surface area contributed by atoms with Gasteiger partial charge in [0.05, 0.1) is 12.2 Å². The van der Waals surface area contributed by atoms with Gasteiger partial charge in [0.15, 0.2) is 5.78 Å². The van der Waals surface area contributed by atoms with Crippen LogP contribution in [-0.2, 0) is 18.4 Å². The molecular formula is C20H24N4O2. The summed E-state index contributed by atoms with van der Waals surface area (Å²) in [6.07, 6.45) is 6.76. The van der Waals surface area contributed by atoms with Crippen molar-refractivity contribution in [2.24, 2.45) is 7.05 Å². The van der Waals surface area contributed by atoms with Crippen molar-refractivity contribution >= 4 is 22.6 Å². The van der Waals surface area contributed by atoms with Crippen LogP contribution in [0.1, 0.15) is 48.7 Å². The highest BCUT2D eigenvalue weighted by Crippen LogP contribution is 2.23. The number of aryl methyl sites for hydroxylation is 1. The van der Waals surface area contributed by atoms with E-state index in [1.54, 1.807) is 17.1 Å². The van der Waals surface area contributed by atoms with E-state index in [9.17, 15) is 9.59 Å². The lowest BCUT2D eigenvalue weighted by molar-refractivity contribution is -0.122. The average Bonchev–Trinajstić information content (AvgIpc) is 3.20. The summed E-state index contributed by atoms with van der Waals surface area (Å²) in [6, 6.07) is 7.59. The molecule has 1 aromatic carbocycles. The predicted octanol–water partition coefficient (Wildman–Crippen LogP) is 3.24. The molecule has 0 aliphatic rings. The number of carbonyl (C=O) groups excluding carboxylic acids is 2. The van der Waals surface area contributed by atoms with Crippen LogP contribution in [-0.4, -0.2) is 26.0 Å². The van der Waals surface area contributed by atoms with E-state index >= 15 is 0 Å². The molecule has 3 rings (SSSR count). The van der Waals surface area contributed by atoms with Gasteiger partial charge in [0, 0.05) is 47.9 Å². The number of amides is 1. The van der Waals surface area contributed by atoms with Crippen molar-refractivity contribution in [1.82, 2.24) is 19.7 Å². The van der Waals surface area contributed by atoms with Crippen LogP contribution in [0.15, 0.2) is 42.9 Å². The molecule has 0 fully saturated rings. The fraction of sp³-hybridized carbons (Fsp3) is 0.350. The van der Waals surface area contributed by atoms with Crippen LogP contribution >= 0.6 is 0 Å². The molecule has 26 heavy (non-hydrogen) atoms. The Bertz CT molecular complexity index is 938. The Morgan fingerprint density at radius 3 is 2.69 bits per heavy atom. The van der Waals surface area contributed by atoms with Crippen LogP contribution in [0.2, 0.25) is 0 Å². The van der Waals surface area contributed by atoms with Crippen LogP contribution in [0.25, 0.3) is 10.9 Å². The maximum atomic E-state index is 12.5. The molecule has 0 radical (unpaired) electrons. The van der Waals surface area contributed by atoms with Gasteiger partial charge < -0.3 is 9.88 Å². The molecule has 1 atom stereocenters. The Morgan fingerprint density at radius 2 is 2.00 bits per heavy atom. The summed E-state index contributed by atoms with van der Waals surface area (Å²) >= 11 is 0.